The molecule has 156 valence electrons. The smallest absolute Gasteiger partial charge is 0.264 e. The number of nitrogens with zero attached hydrogens (tertiary/aromatic N) is 1. The van der Waals surface area contributed by atoms with Crippen LogP contribution in [0.15, 0.2) is 71.6 Å². The molecule has 0 heterocycles. The molecule has 0 aliphatic heterocycles. The number of rotatable bonds is 6. The highest BCUT2D eigenvalue weighted by Crippen LogP contribution is 2.24. The number of anilines is 2. The zero-order chi connectivity index (χ0) is 21.9. The highest BCUT2D eigenvalue weighted by molar-refractivity contribution is 7.92. The monoisotopic (exact) mass is 426 g/mol. The number of aryl methyl sites for hydroxylation is 3. The average molecular weight is 427 g/mol. The fraction of sp³-hybridized carbons (Fsp3) is 0.174. The van der Waals surface area contributed by atoms with Gasteiger partial charge < -0.3 is 5.32 Å². The SMILES string of the molecule is Cc1ccc(N(CC(=O)Nc2cc(C)cc(C)c2)S(=O)(=O)c2ccc(F)cc2)cc1. The van der Waals surface area contributed by atoms with Gasteiger partial charge in [-0.3, -0.25) is 9.10 Å². The second-order valence-corrected chi connectivity index (χ2v) is 9.09. The number of benzene rings is 3. The summed E-state index contributed by atoms with van der Waals surface area (Å²) in [5.74, 6) is -1.02. The average Bonchev–Trinajstić information content (AvgIpc) is 2.66. The van der Waals surface area contributed by atoms with Gasteiger partial charge in [0.2, 0.25) is 5.91 Å². The van der Waals surface area contributed by atoms with E-state index in [4.69, 9.17) is 0 Å². The maximum atomic E-state index is 13.3. The van der Waals surface area contributed by atoms with Crippen molar-refractivity contribution in [3.63, 3.8) is 0 Å². The lowest BCUT2D eigenvalue weighted by atomic mass is 10.1. The molecule has 0 saturated carbocycles. The predicted molar refractivity (Wildman–Crippen MR) is 117 cm³/mol. The lowest BCUT2D eigenvalue weighted by Crippen LogP contribution is -2.38. The minimum Gasteiger partial charge on any atom is -0.324 e. The van der Waals surface area contributed by atoms with Gasteiger partial charge in [-0.25, -0.2) is 12.8 Å². The highest BCUT2D eigenvalue weighted by Gasteiger charge is 2.27. The van der Waals surface area contributed by atoms with Gasteiger partial charge in [0.1, 0.15) is 12.4 Å². The number of carbonyl (C=O) groups is 1. The largest absolute Gasteiger partial charge is 0.324 e. The van der Waals surface area contributed by atoms with Crippen LogP contribution in [-0.4, -0.2) is 20.9 Å². The van der Waals surface area contributed by atoms with Crippen molar-refractivity contribution in [2.45, 2.75) is 25.7 Å². The Hall–Kier alpha value is -3.19. The van der Waals surface area contributed by atoms with Crippen LogP contribution >= 0.6 is 0 Å². The lowest BCUT2D eigenvalue weighted by molar-refractivity contribution is -0.114. The summed E-state index contributed by atoms with van der Waals surface area (Å²) in [6, 6.07) is 17.0. The van der Waals surface area contributed by atoms with E-state index >= 15 is 0 Å². The molecule has 0 fully saturated rings. The summed E-state index contributed by atoms with van der Waals surface area (Å²) in [5.41, 5.74) is 3.87. The molecule has 30 heavy (non-hydrogen) atoms. The Morgan fingerprint density at radius 1 is 0.867 bits per heavy atom. The normalized spacial score (nSPS) is 11.2. The van der Waals surface area contributed by atoms with Gasteiger partial charge in [-0.15, -0.1) is 0 Å². The fourth-order valence-electron chi connectivity index (χ4n) is 3.14. The van der Waals surface area contributed by atoms with E-state index in [1.165, 1.54) is 12.1 Å². The Kier molecular flexibility index (Phi) is 6.22. The molecule has 3 aromatic rings. The van der Waals surface area contributed by atoms with Crippen LogP contribution in [0.4, 0.5) is 15.8 Å². The van der Waals surface area contributed by atoms with E-state index in [2.05, 4.69) is 5.32 Å². The lowest BCUT2D eigenvalue weighted by Gasteiger charge is -2.24. The molecule has 0 saturated heterocycles. The molecule has 7 heteroatoms. The van der Waals surface area contributed by atoms with Crippen molar-refractivity contribution in [1.29, 1.82) is 0 Å². The van der Waals surface area contributed by atoms with Crippen molar-refractivity contribution in [3.8, 4) is 0 Å². The van der Waals surface area contributed by atoms with Crippen LogP contribution < -0.4 is 9.62 Å². The van der Waals surface area contributed by atoms with Crippen LogP contribution in [0.5, 0.6) is 0 Å². The van der Waals surface area contributed by atoms with Gasteiger partial charge in [0.25, 0.3) is 10.0 Å². The van der Waals surface area contributed by atoms with Gasteiger partial charge in [-0.05, 0) is 80.4 Å². The molecule has 3 aromatic carbocycles. The van der Waals surface area contributed by atoms with Crippen molar-refractivity contribution in [2.75, 3.05) is 16.2 Å². The minimum atomic E-state index is -4.08. The topological polar surface area (TPSA) is 66.5 Å². The molecule has 0 unspecified atom stereocenters. The number of nitrogens with one attached hydrogen (secondary N) is 1. The number of carbonyl (C=O) groups excluding carboxylic acids is 1. The van der Waals surface area contributed by atoms with E-state index in [1.807, 2.05) is 39.0 Å². The standard InChI is InChI=1S/C23H23FN2O3S/c1-16-4-8-21(9-5-16)26(30(28,29)22-10-6-19(24)7-11-22)15-23(27)25-20-13-17(2)12-18(3)14-20/h4-14H,15H2,1-3H3,(H,25,27). The number of sulfonamides is 1. The molecule has 5 nitrogen and oxygen atoms in total. The van der Waals surface area contributed by atoms with Crippen LogP contribution in [0.3, 0.4) is 0 Å². The van der Waals surface area contributed by atoms with Gasteiger partial charge in [0, 0.05) is 5.69 Å². The first-order chi connectivity index (χ1) is 14.1. The number of amides is 1. The third-order valence-electron chi connectivity index (χ3n) is 4.52. The van der Waals surface area contributed by atoms with Crippen LogP contribution in [0.2, 0.25) is 0 Å². The first kappa shape index (κ1) is 21.5. The Bertz CT molecular complexity index is 1140. The molecule has 1 amide bonds. The van der Waals surface area contributed by atoms with Crippen LogP contribution in [0, 0.1) is 26.6 Å². The second kappa shape index (κ2) is 8.67. The second-order valence-electron chi connectivity index (χ2n) is 7.23. The van der Waals surface area contributed by atoms with Crippen molar-refractivity contribution < 1.29 is 17.6 Å². The molecule has 1 N–H and O–H groups in total. The van der Waals surface area contributed by atoms with Crippen LogP contribution in [0.1, 0.15) is 16.7 Å². The predicted octanol–water partition coefficient (Wildman–Crippen LogP) is 4.58. The van der Waals surface area contributed by atoms with E-state index < -0.39 is 28.3 Å². The van der Waals surface area contributed by atoms with Gasteiger partial charge >= 0.3 is 0 Å². The van der Waals surface area contributed by atoms with Gasteiger partial charge in [-0.1, -0.05) is 23.8 Å². The van der Waals surface area contributed by atoms with Crippen molar-refractivity contribution in [2.24, 2.45) is 0 Å². The van der Waals surface area contributed by atoms with E-state index in [0.717, 1.165) is 33.1 Å². The summed E-state index contributed by atoms with van der Waals surface area (Å²) in [7, 11) is -4.08. The van der Waals surface area contributed by atoms with E-state index in [0.29, 0.717) is 11.4 Å². The molecule has 0 radical (unpaired) electrons. The number of hydrogen-bond acceptors (Lipinski definition) is 3. The fourth-order valence-corrected chi connectivity index (χ4v) is 4.56. The van der Waals surface area contributed by atoms with E-state index in [-0.39, 0.29) is 4.90 Å². The Morgan fingerprint density at radius 2 is 1.43 bits per heavy atom. The molecule has 0 bridgehead atoms. The quantitative estimate of drug-likeness (QED) is 0.627. The van der Waals surface area contributed by atoms with Gasteiger partial charge in [-0.2, -0.15) is 0 Å². The molecule has 0 spiro atoms. The maximum Gasteiger partial charge on any atom is 0.264 e. The van der Waals surface area contributed by atoms with E-state index in [9.17, 15) is 17.6 Å². The molecule has 0 aliphatic rings. The van der Waals surface area contributed by atoms with Crippen LogP contribution in [0.25, 0.3) is 0 Å². The number of halogens is 1. The minimum absolute atomic E-state index is 0.0938. The van der Waals surface area contributed by atoms with Crippen LogP contribution in [-0.2, 0) is 14.8 Å². The molecule has 0 aliphatic carbocycles. The summed E-state index contributed by atoms with van der Waals surface area (Å²) >= 11 is 0. The zero-order valence-corrected chi connectivity index (χ0v) is 17.8. The first-order valence-corrected chi connectivity index (χ1v) is 10.8. The zero-order valence-electron chi connectivity index (χ0n) is 17.0. The molecule has 0 atom stereocenters. The summed E-state index contributed by atoms with van der Waals surface area (Å²) < 4.78 is 40.8. The third kappa shape index (κ3) is 5.04. The Balaban J connectivity index is 1.94. The summed E-state index contributed by atoms with van der Waals surface area (Å²) in [6.07, 6.45) is 0. The maximum absolute atomic E-state index is 13.3. The molecule has 3 rings (SSSR count). The Morgan fingerprint density at radius 3 is 2.00 bits per heavy atom. The first-order valence-electron chi connectivity index (χ1n) is 9.38. The molecule has 0 aromatic heterocycles. The van der Waals surface area contributed by atoms with Crippen molar-refractivity contribution in [3.05, 3.63) is 89.2 Å². The summed E-state index contributed by atoms with van der Waals surface area (Å²) in [4.78, 5) is 12.6. The summed E-state index contributed by atoms with van der Waals surface area (Å²) in [5, 5.41) is 2.76. The molecular formula is C23H23FN2O3S. The van der Waals surface area contributed by atoms with Crippen molar-refractivity contribution in [1.82, 2.24) is 0 Å². The number of hydrogen-bond donors (Lipinski definition) is 1. The highest BCUT2D eigenvalue weighted by atomic mass is 32.2. The van der Waals surface area contributed by atoms with Gasteiger partial charge in [0.15, 0.2) is 0 Å². The summed E-state index contributed by atoms with van der Waals surface area (Å²) in [6.45, 7) is 5.30. The van der Waals surface area contributed by atoms with Crippen molar-refractivity contribution >= 4 is 27.3 Å². The Labute approximate surface area is 176 Å². The molecular weight excluding hydrogens is 403 g/mol. The third-order valence-corrected chi connectivity index (χ3v) is 6.30. The van der Waals surface area contributed by atoms with Gasteiger partial charge in [0.05, 0.1) is 10.6 Å². The van der Waals surface area contributed by atoms with E-state index in [1.54, 1.807) is 24.3 Å².